The van der Waals surface area contributed by atoms with Crippen molar-refractivity contribution in [3.05, 3.63) is 28.2 Å². The highest BCUT2D eigenvalue weighted by molar-refractivity contribution is 7.19. The van der Waals surface area contributed by atoms with Gasteiger partial charge in [0.2, 0.25) is 0 Å². The van der Waals surface area contributed by atoms with Crippen LogP contribution in [-0.2, 0) is 0 Å². The molecule has 1 unspecified atom stereocenters. The number of carboxylic acids is 1. The van der Waals surface area contributed by atoms with Gasteiger partial charge in [0.15, 0.2) is 0 Å². The lowest BCUT2D eigenvalue weighted by molar-refractivity contribution is 0.0697. The van der Waals surface area contributed by atoms with Crippen molar-refractivity contribution in [2.75, 3.05) is 0 Å². The fourth-order valence-corrected chi connectivity index (χ4v) is 3.22. The van der Waals surface area contributed by atoms with Gasteiger partial charge >= 0.3 is 5.97 Å². The lowest BCUT2D eigenvalue weighted by Crippen LogP contribution is -2.07. The molecule has 1 atom stereocenters. The molecule has 0 bridgehead atoms. The molecule has 2 aromatic rings. The van der Waals surface area contributed by atoms with Crippen LogP contribution in [0.25, 0.3) is 10.6 Å². The van der Waals surface area contributed by atoms with Crippen molar-refractivity contribution in [2.24, 2.45) is 5.92 Å². The molecule has 0 spiro atoms. The molecule has 0 aliphatic heterocycles. The number of rotatable bonds is 4. The maximum absolute atomic E-state index is 11.3. The summed E-state index contributed by atoms with van der Waals surface area (Å²) < 4.78 is 2.42. The Bertz CT molecular complexity index is 630. The highest BCUT2D eigenvalue weighted by Gasteiger charge is 2.31. The SMILES string of the molecule is CC(C1CC1)n1cc(C(=O)O)c(-c2ccc(Cl)s2)n1. The molecule has 1 N–H and O–H groups in total. The maximum Gasteiger partial charge on any atom is 0.339 e. The summed E-state index contributed by atoms with van der Waals surface area (Å²) in [6.07, 6.45) is 4.03. The molecule has 4 nitrogen and oxygen atoms in total. The molecule has 0 amide bonds. The topological polar surface area (TPSA) is 55.1 Å². The summed E-state index contributed by atoms with van der Waals surface area (Å²) in [6.45, 7) is 2.08. The molecule has 3 rings (SSSR count). The number of halogens is 1. The van der Waals surface area contributed by atoms with Gasteiger partial charge in [0.05, 0.1) is 15.3 Å². The molecule has 2 aromatic heterocycles. The molecular formula is C13H13ClN2O2S. The predicted molar refractivity (Wildman–Crippen MR) is 74.9 cm³/mol. The van der Waals surface area contributed by atoms with Gasteiger partial charge in [-0.25, -0.2) is 4.79 Å². The average molecular weight is 297 g/mol. The number of carboxylic acid groups (broad SMARTS) is 1. The Hall–Kier alpha value is -1.33. The Kier molecular flexibility index (Phi) is 3.11. The summed E-state index contributed by atoms with van der Waals surface area (Å²) in [7, 11) is 0. The third kappa shape index (κ3) is 2.40. The second-order valence-electron chi connectivity index (χ2n) is 4.86. The summed E-state index contributed by atoms with van der Waals surface area (Å²) in [5, 5.41) is 13.8. The van der Waals surface area contributed by atoms with E-state index in [0.717, 1.165) is 4.88 Å². The van der Waals surface area contributed by atoms with Crippen LogP contribution in [-0.4, -0.2) is 20.9 Å². The summed E-state index contributed by atoms with van der Waals surface area (Å²) in [6, 6.07) is 3.83. The minimum absolute atomic E-state index is 0.242. The Morgan fingerprint density at radius 1 is 1.58 bits per heavy atom. The van der Waals surface area contributed by atoms with Gasteiger partial charge in [-0.1, -0.05) is 11.6 Å². The minimum Gasteiger partial charge on any atom is -0.478 e. The van der Waals surface area contributed by atoms with E-state index in [0.29, 0.717) is 15.9 Å². The minimum atomic E-state index is -0.950. The lowest BCUT2D eigenvalue weighted by Gasteiger charge is -2.09. The fourth-order valence-electron chi connectivity index (χ4n) is 2.17. The van der Waals surface area contributed by atoms with Crippen molar-refractivity contribution in [3.8, 4) is 10.6 Å². The number of aromatic carboxylic acids is 1. The normalized spacial score (nSPS) is 16.5. The first-order chi connectivity index (χ1) is 9.06. The molecule has 0 saturated heterocycles. The number of aromatic nitrogens is 2. The van der Waals surface area contributed by atoms with Gasteiger partial charge in [0.1, 0.15) is 11.3 Å². The number of carbonyl (C=O) groups is 1. The average Bonchev–Trinajstić information content (AvgIpc) is 2.96. The van der Waals surface area contributed by atoms with Gasteiger partial charge in [0.25, 0.3) is 0 Å². The molecule has 1 saturated carbocycles. The molecule has 1 aliphatic carbocycles. The fraction of sp³-hybridized carbons (Fsp3) is 0.385. The first kappa shape index (κ1) is 12.7. The molecule has 2 heterocycles. The summed E-state index contributed by atoms with van der Waals surface area (Å²) >= 11 is 7.26. The predicted octanol–water partition coefficient (Wildman–Crippen LogP) is 3.93. The van der Waals surface area contributed by atoms with Gasteiger partial charge in [-0.05, 0) is 37.8 Å². The van der Waals surface area contributed by atoms with Crippen LogP contribution in [0.3, 0.4) is 0 Å². The van der Waals surface area contributed by atoms with Gasteiger partial charge in [0, 0.05) is 6.20 Å². The molecule has 6 heteroatoms. The monoisotopic (exact) mass is 296 g/mol. The van der Waals surface area contributed by atoms with Crippen molar-refractivity contribution >= 4 is 28.9 Å². The Labute approximate surface area is 119 Å². The Morgan fingerprint density at radius 3 is 2.84 bits per heavy atom. The van der Waals surface area contributed by atoms with Gasteiger partial charge < -0.3 is 5.11 Å². The zero-order valence-electron chi connectivity index (χ0n) is 10.3. The van der Waals surface area contributed by atoms with Crippen LogP contribution in [0.2, 0.25) is 4.34 Å². The largest absolute Gasteiger partial charge is 0.478 e. The second kappa shape index (κ2) is 4.65. The summed E-state index contributed by atoms with van der Waals surface area (Å²) in [5.41, 5.74) is 0.753. The Morgan fingerprint density at radius 2 is 2.32 bits per heavy atom. The first-order valence-electron chi connectivity index (χ1n) is 6.14. The van der Waals surface area contributed by atoms with Crippen LogP contribution >= 0.6 is 22.9 Å². The van der Waals surface area contributed by atoms with E-state index in [1.54, 1.807) is 16.9 Å². The quantitative estimate of drug-likeness (QED) is 0.930. The van der Waals surface area contributed by atoms with Gasteiger partial charge in [-0.2, -0.15) is 5.10 Å². The van der Waals surface area contributed by atoms with E-state index >= 15 is 0 Å². The molecule has 1 aliphatic rings. The summed E-state index contributed by atoms with van der Waals surface area (Å²) in [5.74, 6) is -0.324. The molecule has 0 aromatic carbocycles. The van der Waals surface area contributed by atoms with E-state index in [2.05, 4.69) is 12.0 Å². The number of hydrogen-bond donors (Lipinski definition) is 1. The Balaban J connectivity index is 2.04. The number of thiophene rings is 1. The van der Waals surface area contributed by atoms with E-state index in [1.165, 1.54) is 24.2 Å². The standard InChI is InChI=1S/C13H13ClN2O2S/c1-7(8-2-3-8)16-6-9(13(17)18)12(15-16)10-4-5-11(14)19-10/h4-8H,2-3H2,1H3,(H,17,18). The van der Waals surface area contributed by atoms with E-state index < -0.39 is 5.97 Å². The summed E-state index contributed by atoms with van der Waals surface area (Å²) in [4.78, 5) is 12.1. The van der Waals surface area contributed by atoms with E-state index in [9.17, 15) is 9.90 Å². The van der Waals surface area contributed by atoms with Crippen molar-refractivity contribution < 1.29 is 9.90 Å². The van der Waals surface area contributed by atoms with Crippen molar-refractivity contribution in [3.63, 3.8) is 0 Å². The van der Waals surface area contributed by atoms with Crippen LogP contribution in [0, 0.1) is 5.92 Å². The van der Waals surface area contributed by atoms with Crippen LogP contribution in [0.1, 0.15) is 36.2 Å². The first-order valence-corrected chi connectivity index (χ1v) is 7.34. The van der Waals surface area contributed by atoms with E-state index in [-0.39, 0.29) is 11.6 Å². The molecule has 1 fully saturated rings. The van der Waals surface area contributed by atoms with Gasteiger partial charge in [-0.3, -0.25) is 4.68 Å². The smallest absolute Gasteiger partial charge is 0.339 e. The molecule has 100 valence electrons. The maximum atomic E-state index is 11.3. The van der Waals surface area contributed by atoms with Crippen LogP contribution in [0.5, 0.6) is 0 Å². The molecule has 19 heavy (non-hydrogen) atoms. The van der Waals surface area contributed by atoms with Crippen LogP contribution in [0.4, 0.5) is 0 Å². The van der Waals surface area contributed by atoms with E-state index in [1.807, 2.05) is 6.07 Å². The third-order valence-electron chi connectivity index (χ3n) is 3.49. The molecule has 0 radical (unpaired) electrons. The molecular weight excluding hydrogens is 284 g/mol. The lowest BCUT2D eigenvalue weighted by atomic mass is 10.2. The number of hydrogen-bond acceptors (Lipinski definition) is 3. The zero-order chi connectivity index (χ0) is 13.6. The van der Waals surface area contributed by atoms with E-state index in [4.69, 9.17) is 11.6 Å². The third-order valence-corrected chi connectivity index (χ3v) is 4.73. The van der Waals surface area contributed by atoms with Crippen LogP contribution in [0.15, 0.2) is 18.3 Å². The second-order valence-corrected chi connectivity index (χ2v) is 6.57. The number of nitrogens with zero attached hydrogens (tertiary/aromatic N) is 2. The van der Waals surface area contributed by atoms with Crippen molar-refractivity contribution in [1.82, 2.24) is 9.78 Å². The highest BCUT2D eigenvalue weighted by Crippen LogP contribution is 2.40. The highest BCUT2D eigenvalue weighted by atomic mass is 35.5. The van der Waals surface area contributed by atoms with Crippen LogP contribution < -0.4 is 0 Å². The van der Waals surface area contributed by atoms with Gasteiger partial charge in [-0.15, -0.1) is 11.3 Å². The zero-order valence-corrected chi connectivity index (χ0v) is 11.9. The van der Waals surface area contributed by atoms with Crippen molar-refractivity contribution in [2.45, 2.75) is 25.8 Å². The van der Waals surface area contributed by atoms with Crippen molar-refractivity contribution in [1.29, 1.82) is 0 Å².